The van der Waals surface area contributed by atoms with Crippen LogP contribution in [0.25, 0.3) is 0 Å². The van der Waals surface area contributed by atoms with E-state index in [4.69, 9.17) is 11.5 Å². The summed E-state index contributed by atoms with van der Waals surface area (Å²) in [5.41, 5.74) is 12.7. The van der Waals surface area contributed by atoms with Crippen LogP contribution in [0, 0.1) is 0 Å². The quantitative estimate of drug-likeness (QED) is 0.263. The van der Waals surface area contributed by atoms with Gasteiger partial charge in [0.1, 0.15) is 20.3 Å². The molecule has 1 aromatic carbocycles. The fourth-order valence-electron chi connectivity index (χ4n) is 1.17. The number of hydrogen-bond donors (Lipinski definition) is 2. The topological polar surface area (TPSA) is 55.0 Å². The molecule has 0 bridgehead atoms. The van der Waals surface area contributed by atoms with Gasteiger partial charge < -0.3 is 11.5 Å². The van der Waals surface area contributed by atoms with Gasteiger partial charge in [-0.2, -0.15) is 0 Å². The lowest BCUT2D eigenvalue weighted by Crippen LogP contribution is -2.04. The second-order valence-corrected chi connectivity index (χ2v) is 4.74. The van der Waals surface area contributed by atoms with Gasteiger partial charge in [-0.25, -0.2) is 4.58 Å². The second kappa shape index (κ2) is 5.66. The minimum Gasteiger partial charge on any atom is -0.397 e. The van der Waals surface area contributed by atoms with Crippen LogP contribution in [-0.2, 0) is 0 Å². The standard InChI is InChI=1S/C11H18N3S/c1-14(2)6-3-7-15-9-4-5-10(12)11(13)8-9/h4-5,8H,1,3,6-7,12-13H2,2H3/q+1. The Morgan fingerprint density at radius 1 is 1.33 bits per heavy atom. The predicted molar refractivity (Wildman–Crippen MR) is 68.8 cm³/mol. The SMILES string of the molecule is C=[N+](C)CCCSc1ccc(N)c(N)c1. The lowest BCUT2D eigenvalue weighted by Gasteiger charge is -2.04. The van der Waals surface area contributed by atoms with E-state index in [1.165, 1.54) is 4.90 Å². The lowest BCUT2D eigenvalue weighted by atomic mass is 10.3. The van der Waals surface area contributed by atoms with E-state index in [2.05, 4.69) is 6.72 Å². The third-order valence-corrected chi connectivity index (χ3v) is 3.09. The monoisotopic (exact) mass is 224 g/mol. The molecule has 15 heavy (non-hydrogen) atoms. The highest BCUT2D eigenvalue weighted by atomic mass is 32.2. The van der Waals surface area contributed by atoms with Gasteiger partial charge in [0.25, 0.3) is 0 Å². The molecule has 82 valence electrons. The van der Waals surface area contributed by atoms with Crippen molar-refractivity contribution < 1.29 is 4.58 Å². The number of anilines is 2. The summed E-state index contributed by atoms with van der Waals surface area (Å²) in [4.78, 5) is 1.17. The molecule has 0 fully saturated rings. The molecule has 0 saturated carbocycles. The smallest absolute Gasteiger partial charge is 0.142 e. The van der Waals surface area contributed by atoms with Crippen LogP contribution in [0.1, 0.15) is 6.42 Å². The zero-order chi connectivity index (χ0) is 11.3. The van der Waals surface area contributed by atoms with Gasteiger partial charge in [0, 0.05) is 17.1 Å². The first kappa shape index (κ1) is 11.9. The van der Waals surface area contributed by atoms with Gasteiger partial charge >= 0.3 is 0 Å². The van der Waals surface area contributed by atoms with Gasteiger partial charge in [0.15, 0.2) is 0 Å². The van der Waals surface area contributed by atoms with Gasteiger partial charge in [-0.15, -0.1) is 11.8 Å². The molecule has 3 nitrogen and oxygen atoms in total. The van der Waals surface area contributed by atoms with Crippen LogP contribution in [0.3, 0.4) is 0 Å². The maximum Gasteiger partial charge on any atom is 0.142 e. The van der Waals surface area contributed by atoms with E-state index in [0.29, 0.717) is 11.4 Å². The van der Waals surface area contributed by atoms with Crippen molar-refractivity contribution in [2.45, 2.75) is 11.3 Å². The van der Waals surface area contributed by atoms with Crippen molar-refractivity contribution in [3.05, 3.63) is 18.2 Å². The molecule has 1 rings (SSSR count). The van der Waals surface area contributed by atoms with E-state index in [1.54, 1.807) is 11.8 Å². The molecule has 0 aliphatic heterocycles. The van der Waals surface area contributed by atoms with Gasteiger partial charge in [0.05, 0.1) is 11.4 Å². The molecular weight excluding hydrogens is 206 g/mol. The molecule has 1 aromatic rings. The van der Waals surface area contributed by atoms with Gasteiger partial charge in [-0.1, -0.05) is 0 Å². The molecule has 0 unspecified atom stereocenters. The number of thioether (sulfide) groups is 1. The average Bonchev–Trinajstić information content (AvgIpc) is 2.18. The van der Waals surface area contributed by atoms with E-state index >= 15 is 0 Å². The number of rotatable bonds is 5. The van der Waals surface area contributed by atoms with E-state index in [9.17, 15) is 0 Å². The highest BCUT2D eigenvalue weighted by Gasteiger charge is 1.99. The van der Waals surface area contributed by atoms with Crippen LogP contribution in [0.5, 0.6) is 0 Å². The Hall–Kier alpha value is -1.16. The van der Waals surface area contributed by atoms with E-state index in [1.807, 2.05) is 29.8 Å². The maximum absolute atomic E-state index is 5.72. The first-order valence-electron chi connectivity index (χ1n) is 4.89. The van der Waals surface area contributed by atoms with Crippen molar-refractivity contribution in [1.82, 2.24) is 0 Å². The molecule has 0 heterocycles. The first-order chi connectivity index (χ1) is 7.09. The molecule has 0 aliphatic carbocycles. The van der Waals surface area contributed by atoms with E-state index in [-0.39, 0.29) is 0 Å². The molecular formula is C11H18N3S+. The zero-order valence-corrected chi connectivity index (χ0v) is 9.89. The molecule has 0 spiro atoms. The summed E-state index contributed by atoms with van der Waals surface area (Å²) in [6.45, 7) is 4.81. The number of hydrogen-bond acceptors (Lipinski definition) is 3. The summed E-state index contributed by atoms with van der Waals surface area (Å²) in [5.74, 6) is 1.07. The van der Waals surface area contributed by atoms with Crippen LogP contribution in [0.4, 0.5) is 11.4 Å². The van der Waals surface area contributed by atoms with Crippen LogP contribution < -0.4 is 11.5 Å². The third kappa shape index (κ3) is 4.25. The van der Waals surface area contributed by atoms with Crippen molar-refractivity contribution >= 4 is 29.9 Å². The van der Waals surface area contributed by atoms with Crippen LogP contribution in [0.2, 0.25) is 0 Å². The highest BCUT2D eigenvalue weighted by molar-refractivity contribution is 7.99. The normalized spacial score (nSPS) is 10.2. The Morgan fingerprint density at radius 2 is 2.07 bits per heavy atom. The maximum atomic E-state index is 5.72. The van der Waals surface area contributed by atoms with Crippen LogP contribution in [0.15, 0.2) is 23.1 Å². The minimum atomic E-state index is 0.650. The Bertz CT molecular complexity index is 350. The van der Waals surface area contributed by atoms with Crippen LogP contribution in [-0.4, -0.2) is 30.6 Å². The number of benzene rings is 1. The van der Waals surface area contributed by atoms with Crippen molar-refractivity contribution in [3.63, 3.8) is 0 Å². The zero-order valence-electron chi connectivity index (χ0n) is 9.07. The number of nitrogen functional groups attached to an aromatic ring is 2. The number of nitrogens with two attached hydrogens (primary N) is 2. The van der Waals surface area contributed by atoms with Gasteiger partial charge in [-0.05, 0) is 18.2 Å². The first-order valence-corrected chi connectivity index (χ1v) is 5.87. The van der Waals surface area contributed by atoms with Gasteiger partial charge in [-0.3, -0.25) is 0 Å². The molecule has 0 aliphatic rings. The molecule has 0 amide bonds. The van der Waals surface area contributed by atoms with Crippen molar-refractivity contribution in [1.29, 1.82) is 0 Å². The molecule has 0 atom stereocenters. The van der Waals surface area contributed by atoms with E-state index < -0.39 is 0 Å². The summed E-state index contributed by atoms with van der Waals surface area (Å²) in [6, 6.07) is 5.78. The van der Waals surface area contributed by atoms with Gasteiger partial charge in [0.2, 0.25) is 0 Å². The number of nitrogens with zero attached hydrogens (tertiary/aromatic N) is 1. The van der Waals surface area contributed by atoms with E-state index in [0.717, 1.165) is 18.7 Å². The fraction of sp³-hybridized carbons (Fsp3) is 0.364. The Morgan fingerprint density at radius 3 is 2.67 bits per heavy atom. The third-order valence-electron chi connectivity index (χ3n) is 2.01. The highest BCUT2D eigenvalue weighted by Crippen LogP contribution is 2.24. The largest absolute Gasteiger partial charge is 0.397 e. The van der Waals surface area contributed by atoms with Crippen LogP contribution >= 0.6 is 11.8 Å². The summed E-state index contributed by atoms with van der Waals surface area (Å²) < 4.78 is 1.94. The minimum absolute atomic E-state index is 0.650. The summed E-state index contributed by atoms with van der Waals surface area (Å²) in [5, 5.41) is 0. The second-order valence-electron chi connectivity index (χ2n) is 3.57. The Balaban J connectivity index is 2.38. The van der Waals surface area contributed by atoms with Crippen molar-refractivity contribution in [2.24, 2.45) is 0 Å². The summed E-state index contributed by atoms with van der Waals surface area (Å²) in [6.07, 6.45) is 1.12. The summed E-state index contributed by atoms with van der Waals surface area (Å²) >= 11 is 1.80. The van der Waals surface area contributed by atoms with Crippen molar-refractivity contribution in [2.75, 3.05) is 30.8 Å². The molecule has 4 N–H and O–H groups in total. The molecule has 0 radical (unpaired) electrons. The average molecular weight is 224 g/mol. The molecule has 4 heteroatoms. The molecule has 0 aromatic heterocycles. The Kier molecular flexibility index (Phi) is 4.49. The lowest BCUT2D eigenvalue weighted by molar-refractivity contribution is -0.488. The molecule has 0 saturated heterocycles. The predicted octanol–water partition coefficient (Wildman–Crippen LogP) is 1.68. The fourth-order valence-corrected chi connectivity index (χ4v) is 2.05. The Labute approximate surface area is 95.2 Å². The summed E-state index contributed by atoms with van der Waals surface area (Å²) in [7, 11) is 1.98. The van der Waals surface area contributed by atoms with Crippen molar-refractivity contribution in [3.8, 4) is 0 Å².